The molecule has 0 amide bonds. The summed E-state index contributed by atoms with van der Waals surface area (Å²) < 4.78 is 0. The van der Waals surface area contributed by atoms with E-state index < -0.39 is 5.97 Å². The van der Waals surface area contributed by atoms with Gasteiger partial charge in [0.2, 0.25) is 0 Å². The lowest BCUT2D eigenvalue weighted by atomic mass is 10.1. The smallest absolute Gasteiger partial charge is 0.303 e. The van der Waals surface area contributed by atoms with Crippen LogP contribution in [0.5, 0.6) is 0 Å². The molecule has 0 bridgehead atoms. The zero-order valence-electron chi connectivity index (χ0n) is 9.21. The topological polar surface area (TPSA) is 49.3 Å². The fourth-order valence-corrected chi connectivity index (χ4v) is 1.55. The summed E-state index contributed by atoms with van der Waals surface area (Å²) in [5.41, 5.74) is 3.50. The third-order valence-corrected chi connectivity index (χ3v) is 2.12. The molecule has 0 spiro atoms. The molecule has 15 heavy (non-hydrogen) atoms. The van der Waals surface area contributed by atoms with Crippen molar-refractivity contribution in [2.45, 2.75) is 26.7 Å². The molecule has 1 aromatic carbocycles. The number of carbonyl (C=O) groups is 1. The van der Waals surface area contributed by atoms with Crippen LogP contribution in [-0.4, -0.2) is 17.6 Å². The molecule has 0 atom stereocenters. The van der Waals surface area contributed by atoms with E-state index in [0.29, 0.717) is 13.0 Å². The number of nitrogens with one attached hydrogen (secondary N) is 1. The van der Waals surface area contributed by atoms with E-state index in [4.69, 9.17) is 5.11 Å². The van der Waals surface area contributed by atoms with Crippen LogP contribution in [0.1, 0.15) is 24.0 Å². The Kier molecular flexibility index (Phi) is 4.16. The minimum Gasteiger partial charge on any atom is -0.481 e. The van der Waals surface area contributed by atoms with Crippen molar-refractivity contribution >= 4 is 11.7 Å². The normalized spacial score (nSPS) is 10.0. The molecule has 0 saturated heterocycles. The van der Waals surface area contributed by atoms with Gasteiger partial charge in [0, 0.05) is 18.7 Å². The van der Waals surface area contributed by atoms with Crippen LogP contribution in [-0.2, 0) is 4.79 Å². The number of benzene rings is 1. The van der Waals surface area contributed by atoms with Crippen molar-refractivity contribution in [1.29, 1.82) is 0 Å². The van der Waals surface area contributed by atoms with Gasteiger partial charge in [-0.15, -0.1) is 0 Å². The van der Waals surface area contributed by atoms with Crippen molar-refractivity contribution in [2.75, 3.05) is 11.9 Å². The largest absolute Gasteiger partial charge is 0.481 e. The Morgan fingerprint density at radius 1 is 1.27 bits per heavy atom. The molecule has 0 aromatic heterocycles. The first-order valence-electron chi connectivity index (χ1n) is 5.12. The van der Waals surface area contributed by atoms with E-state index in [9.17, 15) is 4.79 Å². The van der Waals surface area contributed by atoms with Gasteiger partial charge in [-0.3, -0.25) is 4.79 Å². The number of rotatable bonds is 5. The van der Waals surface area contributed by atoms with Gasteiger partial charge in [-0.25, -0.2) is 0 Å². The monoisotopic (exact) mass is 207 g/mol. The standard InChI is InChI=1S/C12H17NO2/c1-9-6-10(2)8-11(7-9)13-5-3-4-12(14)15/h6-8,13H,3-5H2,1-2H3,(H,14,15). The Labute approximate surface area is 90.1 Å². The van der Waals surface area contributed by atoms with Crippen LogP contribution in [0.4, 0.5) is 5.69 Å². The van der Waals surface area contributed by atoms with Gasteiger partial charge in [0.25, 0.3) is 0 Å². The fourth-order valence-electron chi connectivity index (χ4n) is 1.55. The molecule has 0 fully saturated rings. The maximum absolute atomic E-state index is 10.3. The summed E-state index contributed by atoms with van der Waals surface area (Å²) in [6, 6.07) is 6.24. The third kappa shape index (κ3) is 4.49. The molecule has 0 aliphatic rings. The molecule has 0 radical (unpaired) electrons. The van der Waals surface area contributed by atoms with Gasteiger partial charge in [0.05, 0.1) is 0 Å². The summed E-state index contributed by atoms with van der Waals surface area (Å²) >= 11 is 0. The number of aliphatic carboxylic acids is 1. The molecule has 0 aliphatic heterocycles. The highest BCUT2D eigenvalue weighted by Gasteiger charge is 1.97. The molecule has 0 saturated carbocycles. The van der Waals surface area contributed by atoms with E-state index in [1.165, 1.54) is 11.1 Å². The number of aryl methyl sites for hydroxylation is 2. The van der Waals surface area contributed by atoms with E-state index >= 15 is 0 Å². The average molecular weight is 207 g/mol. The Morgan fingerprint density at radius 3 is 2.40 bits per heavy atom. The number of carboxylic acids is 1. The summed E-state index contributed by atoms with van der Waals surface area (Å²) in [6.45, 7) is 4.81. The second-order valence-corrected chi connectivity index (χ2v) is 3.80. The predicted molar refractivity (Wildman–Crippen MR) is 61.3 cm³/mol. The van der Waals surface area contributed by atoms with Crippen LogP contribution >= 0.6 is 0 Å². The highest BCUT2D eigenvalue weighted by Crippen LogP contribution is 2.13. The van der Waals surface area contributed by atoms with E-state index in [1.54, 1.807) is 0 Å². The lowest BCUT2D eigenvalue weighted by molar-refractivity contribution is -0.137. The SMILES string of the molecule is Cc1cc(C)cc(NCCCC(=O)O)c1. The van der Waals surface area contributed by atoms with E-state index in [2.05, 4.69) is 37.4 Å². The molecule has 0 unspecified atom stereocenters. The molecule has 0 heterocycles. The van der Waals surface area contributed by atoms with Crippen molar-refractivity contribution in [2.24, 2.45) is 0 Å². The van der Waals surface area contributed by atoms with Crippen molar-refractivity contribution in [3.8, 4) is 0 Å². The van der Waals surface area contributed by atoms with Gasteiger partial charge >= 0.3 is 5.97 Å². The third-order valence-electron chi connectivity index (χ3n) is 2.12. The summed E-state index contributed by atoms with van der Waals surface area (Å²) in [5.74, 6) is -0.739. The fraction of sp³-hybridized carbons (Fsp3) is 0.417. The zero-order valence-corrected chi connectivity index (χ0v) is 9.21. The zero-order chi connectivity index (χ0) is 11.3. The quantitative estimate of drug-likeness (QED) is 0.729. The molecule has 3 heteroatoms. The van der Waals surface area contributed by atoms with Crippen LogP contribution in [0.2, 0.25) is 0 Å². The molecule has 3 nitrogen and oxygen atoms in total. The highest BCUT2D eigenvalue weighted by atomic mass is 16.4. The second-order valence-electron chi connectivity index (χ2n) is 3.80. The molecular weight excluding hydrogens is 190 g/mol. The lowest BCUT2D eigenvalue weighted by Crippen LogP contribution is -2.05. The molecule has 0 aliphatic carbocycles. The highest BCUT2D eigenvalue weighted by molar-refractivity contribution is 5.66. The summed E-state index contributed by atoms with van der Waals surface area (Å²) in [4.78, 5) is 10.3. The van der Waals surface area contributed by atoms with Crippen molar-refractivity contribution in [3.05, 3.63) is 29.3 Å². The van der Waals surface area contributed by atoms with E-state index in [1.807, 2.05) is 0 Å². The first kappa shape index (κ1) is 11.6. The Bertz CT molecular complexity index is 327. The summed E-state index contributed by atoms with van der Waals surface area (Å²) in [6.07, 6.45) is 0.875. The van der Waals surface area contributed by atoms with Gasteiger partial charge in [0.1, 0.15) is 0 Å². The number of hydrogen-bond donors (Lipinski definition) is 2. The molecule has 82 valence electrons. The molecular formula is C12H17NO2. The second kappa shape index (κ2) is 5.39. The van der Waals surface area contributed by atoms with Crippen LogP contribution in [0.25, 0.3) is 0 Å². The van der Waals surface area contributed by atoms with Gasteiger partial charge in [-0.1, -0.05) is 6.07 Å². The molecule has 2 N–H and O–H groups in total. The Hall–Kier alpha value is -1.51. The first-order chi connectivity index (χ1) is 7.08. The number of anilines is 1. The number of carboxylic acid groups (broad SMARTS) is 1. The Morgan fingerprint density at radius 2 is 1.87 bits per heavy atom. The van der Waals surface area contributed by atoms with Crippen LogP contribution in [0.3, 0.4) is 0 Å². The van der Waals surface area contributed by atoms with Gasteiger partial charge in [-0.05, 0) is 43.5 Å². The van der Waals surface area contributed by atoms with E-state index in [-0.39, 0.29) is 6.42 Å². The predicted octanol–water partition coefficient (Wildman–Crippen LogP) is 2.58. The van der Waals surface area contributed by atoms with Crippen LogP contribution < -0.4 is 5.32 Å². The summed E-state index contributed by atoms with van der Waals surface area (Å²) in [7, 11) is 0. The molecule has 1 aromatic rings. The molecule has 1 rings (SSSR count). The van der Waals surface area contributed by atoms with Crippen molar-refractivity contribution in [3.63, 3.8) is 0 Å². The average Bonchev–Trinajstić information content (AvgIpc) is 2.10. The van der Waals surface area contributed by atoms with E-state index in [0.717, 1.165) is 5.69 Å². The maximum atomic E-state index is 10.3. The van der Waals surface area contributed by atoms with Crippen molar-refractivity contribution in [1.82, 2.24) is 0 Å². The van der Waals surface area contributed by atoms with Gasteiger partial charge < -0.3 is 10.4 Å². The van der Waals surface area contributed by atoms with Gasteiger partial charge in [0.15, 0.2) is 0 Å². The minimum atomic E-state index is -0.739. The Balaban J connectivity index is 2.40. The first-order valence-corrected chi connectivity index (χ1v) is 5.12. The van der Waals surface area contributed by atoms with Crippen LogP contribution in [0, 0.1) is 13.8 Å². The van der Waals surface area contributed by atoms with Crippen LogP contribution in [0.15, 0.2) is 18.2 Å². The number of hydrogen-bond acceptors (Lipinski definition) is 2. The van der Waals surface area contributed by atoms with Gasteiger partial charge in [-0.2, -0.15) is 0 Å². The minimum absolute atomic E-state index is 0.220. The lowest BCUT2D eigenvalue weighted by Gasteiger charge is -2.07. The maximum Gasteiger partial charge on any atom is 0.303 e. The van der Waals surface area contributed by atoms with Crippen molar-refractivity contribution < 1.29 is 9.90 Å². The summed E-state index contributed by atoms with van der Waals surface area (Å²) in [5, 5.41) is 11.7.